The summed E-state index contributed by atoms with van der Waals surface area (Å²) in [6.07, 6.45) is 5.44. The van der Waals surface area contributed by atoms with E-state index >= 15 is 0 Å². The molecule has 4 nitrogen and oxygen atoms in total. The number of rotatable bonds is 3. The van der Waals surface area contributed by atoms with E-state index in [-0.39, 0.29) is 54.5 Å². The van der Waals surface area contributed by atoms with Gasteiger partial charge in [-0.15, -0.1) is 24.8 Å². The van der Waals surface area contributed by atoms with Crippen molar-refractivity contribution in [1.29, 1.82) is 0 Å². The van der Waals surface area contributed by atoms with Crippen LogP contribution in [-0.2, 0) is 4.79 Å². The SMILES string of the molecule is Cl.Cl.NC1C2CCC(C2)C1C(=O)NC1CCCN(c2cccc(F)c2)C1. The van der Waals surface area contributed by atoms with Crippen molar-refractivity contribution in [3.05, 3.63) is 30.1 Å². The molecule has 4 rings (SSSR count). The summed E-state index contributed by atoms with van der Waals surface area (Å²) in [6.45, 7) is 1.65. The van der Waals surface area contributed by atoms with Crippen LogP contribution >= 0.6 is 24.8 Å². The van der Waals surface area contributed by atoms with Crippen molar-refractivity contribution in [1.82, 2.24) is 5.32 Å². The van der Waals surface area contributed by atoms with Gasteiger partial charge in [-0.3, -0.25) is 4.79 Å². The van der Waals surface area contributed by atoms with Crippen LogP contribution in [-0.4, -0.2) is 31.1 Å². The summed E-state index contributed by atoms with van der Waals surface area (Å²) in [5.41, 5.74) is 7.19. The normalized spacial score (nSPS) is 32.5. The number of hydrogen-bond acceptors (Lipinski definition) is 3. The molecule has 2 bridgehead atoms. The Labute approximate surface area is 166 Å². The summed E-state index contributed by atoms with van der Waals surface area (Å²) >= 11 is 0. The lowest BCUT2D eigenvalue weighted by atomic mass is 9.84. The molecular formula is C19H28Cl2FN3O. The van der Waals surface area contributed by atoms with E-state index in [1.165, 1.54) is 12.5 Å². The monoisotopic (exact) mass is 403 g/mol. The highest BCUT2D eigenvalue weighted by molar-refractivity contribution is 5.85. The number of piperidine rings is 1. The number of benzene rings is 1. The Bertz CT molecular complexity index is 631. The average Bonchev–Trinajstić information content (AvgIpc) is 3.16. The predicted octanol–water partition coefficient (Wildman–Crippen LogP) is 3.13. The zero-order valence-electron chi connectivity index (χ0n) is 14.8. The van der Waals surface area contributed by atoms with E-state index in [9.17, 15) is 9.18 Å². The summed E-state index contributed by atoms with van der Waals surface area (Å²) in [5, 5.41) is 3.24. The Morgan fingerprint density at radius 3 is 2.65 bits per heavy atom. The van der Waals surface area contributed by atoms with Crippen LogP contribution in [0.25, 0.3) is 0 Å². The van der Waals surface area contributed by atoms with Crippen LogP contribution in [0.2, 0.25) is 0 Å². The molecule has 0 aromatic heterocycles. The number of nitrogens with one attached hydrogen (secondary N) is 1. The van der Waals surface area contributed by atoms with E-state index in [1.807, 2.05) is 6.07 Å². The number of fused-ring (bicyclic) bond motifs is 2. The van der Waals surface area contributed by atoms with Gasteiger partial charge >= 0.3 is 0 Å². The molecule has 1 saturated heterocycles. The fraction of sp³-hybridized carbons (Fsp3) is 0.632. The molecule has 1 aromatic rings. The third kappa shape index (κ3) is 4.10. The van der Waals surface area contributed by atoms with Crippen molar-refractivity contribution in [2.75, 3.05) is 18.0 Å². The predicted molar refractivity (Wildman–Crippen MR) is 107 cm³/mol. The van der Waals surface area contributed by atoms with Gasteiger partial charge < -0.3 is 16.0 Å². The number of nitrogens with two attached hydrogens (primary N) is 1. The smallest absolute Gasteiger partial charge is 0.225 e. The molecule has 7 heteroatoms. The second-order valence-electron chi connectivity index (χ2n) is 7.71. The molecule has 0 radical (unpaired) electrons. The highest BCUT2D eigenvalue weighted by atomic mass is 35.5. The quantitative estimate of drug-likeness (QED) is 0.814. The molecular weight excluding hydrogens is 376 g/mol. The van der Waals surface area contributed by atoms with E-state index in [0.29, 0.717) is 11.8 Å². The minimum absolute atomic E-state index is 0. The van der Waals surface area contributed by atoms with E-state index in [2.05, 4.69) is 10.2 Å². The molecule has 3 fully saturated rings. The van der Waals surface area contributed by atoms with Gasteiger partial charge in [0.15, 0.2) is 0 Å². The highest BCUT2D eigenvalue weighted by Gasteiger charge is 2.49. The minimum Gasteiger partial charge on any atom is -0.369 e. The van der Waals surface area contributed by atoms with E-state index in [0.717, 1.165) is 44.5 Å². The van der Waals surface area contributed by atoms with E-state index in [1.54, 1.807) is 12.1 Å². The molecule has 1 aromatic carbocycles. The maximum Gasteiger partial charge on any atom is 0.225 e. The number of amides is 1. The van der Waals surface area contributed by atoms with Crippen molar-refractivity contribution in [3.8, 4) is 0 Å². The lowest BCUT2D eigenvalue weighted by Gasteiger charge is -2.36. The van der Waals surface area contributed by atoms with Crippen molar-refractivity contribution in [3.63, 3.8) is 0 Å². The summed E-state index contributed by atoms with van der Waals surface area (Å²) in [6, 6.07) is 6.85. The van der Waals surface area contributed by atoms with Crippen LogP contribution in [0.1, 0.15) is 32.1 Å². The average molecular weight is 404 g/mol. The summed E-state index contributed by atoms with van der Waals surface area (Å²) in [4.78, 5) is 14.9. The number of carbonyl (C=O) groups excluding carboxylic acids is 1. The molecule has 5 atom stereocenters. The van der Waals surface area contributed by atoms with Gasteiger partial charge in [0, 0.05) is 30.9 Å². The summed E-state index contributed by atoms with van der Waals surface area (Å²) in [5.74, 6) is 0.939. The van der Waals surface area contributed by atoms with E-state index < -0.39 is 0 Å². The van der Waals surface area contributed by atoms with Crippen molar-refractivity contribution < 1.29 is 9.18 Å². The van der Waals surface area contributed by atoms with Crippen molar-refractivity contribution >= 4 is 36.4 Å². The van der Waals surface area contributed by atoms with Crippen LogP contribution in [0, 0.1) is 23.6 Å². The van der Waals surface area contributed by atoms with Gasteiger partial charge in [-0.1, -0.05) is 6.07 Å². The molecule has 3 N–H and O–H groups in total. The van der Waals surface area contributed by atoms with Crippen LogP contribution < -0.4 is 16.0 Å². The molecule has 146 valence electrons. The highest BCUT2D eigenvalue weighted by Crippen LogP contribution is 2.47. The Morgan fingerprint density at radius 1 is 1.19 bits per heavy atom. The van der Waals surface area contributed by atoms with Gasteiger partial charge in [0.25, 0.3) is 0 Å². The minimum atomic E-state index is -0.216. The molecule has 1 heterocycles. The van der Waals surface area contributed by atoms with Gasteiger partial charge in [-0.05, 0) is 62.1 Å². The number of hydrogen-bond donors (Lipinski definition) is 2. The molecule has 2 aliphatic carbocycles. The van der Waals surface area contributed by atoms with Crippen LogP contribution in [0.4, 0.5) is 10.1 Å². The second-order valence-corrected chi connectivity index (χ2v) is 7.71. The lowest BCUT2D eigenvalue weighted by molar-refractivity contribution is -0.127. The van der Waals surface area contributed by atoms with Gasteiger partial charge in [-0.2, -0.15) is 0 Å². The topological polar surface area (TPSA) is 58.4 Å². The maximum absolute atomic E-state index is 13.5. The molecule has 3 aliphatic rings. The number of anilines is 1. The maximum atomic E-state index is 13.5. The summed E-state index contributed by atoms with van der Waals surface area (Å²) in [7, 11) is 0. The largest absolute Gasteiger partial charge is 0.369 e. The van der Waals surface area contributed by atoms with Crippen molar-refractivity contribution in [2.45, 2.75) is 44.2 Å². The van der Waals surface area contributed by atoms with Crippen LogP contribution in [0.5, 0.6) is 0 Å². The number of nitrogens with zero attached hydrogens (tertiary/aromatic N) is 1. The Balaban J connectivity index is 0.00000121. The molecule has 0 spiro atoms. The van der Waals surface area contributed by atoms with Crippen LogP contribution in [0.15, 0.2) is 24.3 Å². The zero-order chi connectivity index (χ0) is 16.7. The van der Waals surface area contributed by atoms with E-state index in [4.69, 9.17) is 5.73 Å². The van der Waals surface area contributed by atoms with Gasteiger partial charge in [0.05, 0.1) is 5.92 Å². The molecule has 1 aliphatic heterocycles. The van der Waals surface area contributed by atoms with Gasteiger partial charge in [0.2, 0.25) is 5.91 Å². The second kappa shape index (κ2) is 8.77. The van der Waals surface area contributed by atoms with Crippen LogP contribution in [0.3, 0.4) is 0 Å². The fourth-order valence-corrected chi connectivity index (χ4v) is 5.02. The standard InChI is InChI=1S/C19H26FN3O.2ClH/c20-14-3-1-5-16(10-14)23-8-2-4-15(11-23)22-19(24)17-12-6-7-13(9-12)18(17)21;;/h1,3,5,10,12-13,15,17-18H,2,4,6-9,11,21H2,(H,22,24);2*1H. The number of halogens is 3. The third-order valence-corrected chi connectivity index (χ3v) is 6.22. The van der Waals surface area contributed by atoms with Crippen molar-refractivity contribution in [2.24, 2.45) is 23.5 Å². The molecule has 26 heavy (non-hydrogen) atoms. The zero-order valence-corrected chi connectivity index (χ0v) is 16.4. The Morgan fingerprint density at radius 2 is 1.96 bits per heavy atom. The lowest BCUT2D eigenvalue weighted by Crippen LogP contribution is -2.52. The first kappa shape index (κ1) is 21.3. The first-order valence-electron chi connectivity index (χ1n) is 9.18. The first-order chi connectivity index (χ1) is 11.6. The first-order valence-corrected chi connectivity index (χ1v) is 9.18. The van der Waals surface area contributed by atoms with Gasteiger partial charge in [0.1, 0.15) is 5.82 Å². The molecule has 1 amide bonds. The third-order valence-electron chi connectivity index (χ3n) is 6.22. The molecule has 5 unspecified atom stereocenters. The fourth-order valence-electron chi connectivity index (χ4n) is 5.02. The molecule has 2 saturated carbocycles. The summed E-state index contributed by atoms with van der Waals surface area (Å²) < 4.78 is 13.5. The number of carbonyl (C=O) groups is 1. The Hall–Kier alpha value is -1.04. The Kier molecular flexibility index (Phi) is 7.17. The van der Waals surface area contributed by atoms with Gasteiger partial charge in [-0.25, -0.2) is 4.39 Å².